The minimum Gasteiger partial charge on any atom is -0.493 e. The average Bonchev–Trinajstić information content (AvgIpc) is 3.45. The zero-order valence-electron chi connectivity index (χ0n) is 20.1. The summed E-state index contributed by atoms with van der Waals surface area (Å²) in [6, 6.07) is 14.8. The summed E-state index contributed by atoms with van der Waals surface area (Å²) in [4.78, 5) is 16.3. The van der Waals surface area contributed by atoms with Crippen molar-refractivity contribution in [2.75, 3.05) is 13.2 Å². The SMILES string of the molecule is CC.CCOC(=O)C(F)(F)C1CCc2cc(OCCc3nc(-c4ccccc4)oc3C)ccc21. The molecule has 3 aromatic rings. The van der Waals surface area contributed by atoms with Crippen LogP contribution in [0, 0.1) is 6.92 Å². The molecule has 1 aliphatic rings. The quantitative estimate of drug-likeness (QED) is 0.350. The van der Waals surface area contributed by atoms with Crippen LogP contribution in [0.5, 0.6) is 5.75 Å². The lowest BCUT2D eigenvalue weighted by atomic mass is 9.94. The molecular formula is C27H31F2NO4. The van der Waals surface area contributed by atoms with Crippen molar-refractivity contribution < 1.29 is 27.5 Å². The molecule has 1 aliphatic carbocycles. The van der Waals surface area contributed by atoms with Gasteiger partial charge in [0.15, 0.2) is 0 Å². The van der Waals surface area contributed by atoms with Gasteiger partial charge in [0.05, 0.1) is 24.8 Å². The Balaban J connectivity index is 0.00000158. The number of hydrogen-bond acceptors (Lipinski definition) is 5. The van der Waals surface area contributed by atoms with Gasteiger partial charge in [-0.3, -0.25) is 0 Å². The first-order valence-corrected chi connectivity index (χ1v) is 11.7. The number of carbonyl (C=O) groups excluding carboxylic acids is 1. The molecule has 1 heterocycles. The number of benzene rings is 2. The summed E-state index contributed by atoms with van der Waals surface area (Å²) >= 11 is 0. The number of alkyl halides is 2. The van der Waals surface area contributed by atoms with E-state index in [0.717, 1.165) is 22.6 Å². The van der Waals surface area contributed by atoms with E-state index in [-0.39, 0.29) is 13.0 Å². The van der Waals surface area contributed by atoms with E-state index in [4.69, 9.17) is 9.15 Å². The van der Waals surface area contributed by atoms with Crippen LogP contribution in [0.25, 0.3) is 11.5 Å². The third-order valence-electron chi connectivity index (χ3n) is 5.70. The first-order chi connectivity index (χ1) is 16.4. The third kappa shape index (κ3) is 5.46. The summed E-state index contributed by atoms with van der Waals surface area (Å²) < 4.78 is 45.2. The fourth-order valence-electron chi connectivity index (χ4n) is 4.06. The van der Waals surface area contributed by atoms with Gasteiger partial charge in [-0.15, -0.1) is 0 Å². The Morgan fingerprint density at radius 2 is 1.91 bits per heavy atom. The highest BCUT2D eigenvalue weighted by Gasteiger charge is 2.51. The van der Waals surface area contributed by atoms with Crippen LogP contribution in [0.1, 0.15) is 55.7 Å². The Hall–Kier alpha value is -3.22. The van der Waals surface area contributed by atoms with Crippen LogP contribution in [0.3, 0.4) is 0 Å². The molecule has 34 heavy (non-hydrogen) atoms. The molecule has 1 aromatic heterocycles. The van der Waals surface area contributed by atoms with Crippen molar-refractivity contribution in [1.29, 1.82) is 0 Å². The number of rotatable bonds is 8. The summed E-state index contributed by atoms with van der Waals surface area (Å²) in [5.74, 6) is -4.25. The van der Waals surface area contributed by atoms with Crippen LogP contribution >= 0.6 is 0 Å². The number of halogens is 2. The van der Waals surface area contributed by atoms with Crippen molar-refractivity contribution in [3.8, 4) is 17.2 Å². The predicted octanol–water partition coefficient (Wildman–Crippen LogP) is 6.53. The molecule has 1 atom stereocenters. The fraction of sp³-hybridized carbons (Fsp3) is 0.407. The molecule has 2 aromatic carbocycles. The van der Waals surface area contributed by atoms with Crippen molar-refractivity contribution in [2.24, 2.45) is 0 Å². The van der Waals surface area contributed by atoms with Gasteiger partial charge in [0, 0.05) is 12.0 Å². The van der Waals surface area contributed by atoms with E-state index in [0.29, 0.717) is 36.7 Å². The van der Waals surface area contributed by atoms with E-state index < -0.39 is 17.8 Å². The molecule has 0 spiro atoms. The number of carbonyl (C=O) groups is 1. The normalized spacial score (nSPS) is 14.7. The van der Waals surface area contributed by atoms with Crippen molar-refractivity contribution in [2.45, 2.75) is 58.8 Å². The van der Waals surface area contributed by atoms with E-state index >= 15 is 0 Å². The number of nitrogens with zero attached hydrogens (tertiary/aromatic N) is 1. The van der Waals surface area contributed by atoms with Gasteiger partial charge in [0.1, 0.15) is 11.5 Å². The molecular weight excluding hydrogens is 440 g/mol. The van der Waals surface area contributed by atoms with Gasteiger partial charge in [-0.05, 0) is 62.1 Å². The van der Waals surface area contributed by atoms with Crippen molar-refractivity contribution in [3.63, 3.8) is 0 Å². The number of esters is 1. The van der Waals surface area contributed by atoms with E-state index in [9.17, 15) is 13.6 Å². The standard InChI is InChI=1S/C25H25F2NO4.C2H6/c1-3-30-24(29)25(26,27)21-12-9-18-15-19(10-11-20(18)21)31-14-13-22-16(2)32-23(28-22)17-7-5-4-6-8-17;1-2/h4-8,10-11,15,21H,3,9,12-14H2,1-2H3;1-2H3. The number of ether oxygens (including phenoxy) is 2. The summed E-state index contributed by atoms with van der Waals surface area (Å²) in [5, 5.41) is 0. The lowest BCUT2D eigenvalue weighted by molar-refractivity contribution is -0.175. The van der Waals surface area contributed by atoms with Crippen LogP contribution in [-0.4, -0.2) is 30.1 Å². The fourth-order valence-corrected chi connectivity index (χ4v) is 4.06. The van der Waals surface area contributed by atoms with Crippen molar-refractivity contribution in [1.82, 2.24) is 4.98 Å². The van der Waals surface area contributed by atoms with E-state index in [1.54, 1.807) is 18.2 Å². The van der Waals surface area contributed by atoms with Gasteiger partial charge >= 0.3 is 11.9 Å². The van der Waals surface area contributed by atoms with E-state index in [1.807, 2.05) is 51.1 Å². The minimum atomic E-state index is -3.54. The molecule has 0 aliphatic heterocycles. The highest BCUT2D eigenvalue weighted by molar-refractivity contribution is 5.79. The zero-order chi connectivity index (χ0) is 24.7. The van der Waals surface area contributed by atoms with Gasteiger partial charge in [-0.1, -0.05) is 38.1 Å². The molecule has 0 saturated heterocycles. The summed E-state index contributed by atoms with van der Waals surface area (Å²) in [7, 11) is 0. The Bertz CT molecular complexity index is 1100. The molecule has 0 fully saturated rings. The summed E-state index contributed by atoms with van der Waals surface area (Å²) in [6.07, 6.45) is 1.23. The maximum atomic E-state index is 14.5. The highest BCUT2D eigenvalue weighted by Crippen LogP contribution is 2.45. The molecule has 0 radical (unpaired) electrons. The predicted molar refractivity (Wildman–Crippen MR) is 126 cm³/mol. The van der Waals surface area contributed by atoms with Crippen molar-refractivity contribution in [3.05, 3.63) is 71.1 Å². The van der Waals surface area contributed by atoms with Crippen LogP contribution in [0.2, 0.25) is 0 Å². The molecule has 7 heteroatoms. The van der Waals surface area contributed by atoms with Gasteiger partial charge in [0.2, 0.25) is 5.89 Å². The Labute approximate surface area is 199 Å². The highest BCUT2D eigenvalue weighted by atomic mass is 19.3. The van der Waals surface area contributed by atoms with Crippen LogP contribution in [0.4, 0.5) is 8.78 Å². The molecule has 0 saturated carbocycles. The average molecular weight is 472 g/mol. The maximum Gasteiger partial charge on any atom is 0.377 e. The smallest absolute Gasteiger partial charge is 0.377 e. The monoisotopic (exact) mass is 471 g/mol. The molecule has 0 bridgehead atoms. The maximum absolute atomic E-state index is 14.5. The molecule has 1 unspecified atom stereocenters. The lowest BCUT2D eigenvalue weighted by Crippen LogP contribution is -2.36. The van der Waals surface area contributed by atoms with Crippen LogP contribution in [0.15, 0.2) is 52.9 Å². The van der Waals surface area contributed by atoms with Crippen molar-refractivity contribution >= 4 is 5.97 Å². The third-order valence-corrected chi connectivity index (χ3v) is 5.70. The number of oxazole rings is 1. The minimum absolute atomic E-state index is 0.0708. The number of aromatic nitrogens is 1. The zero-order valence-corrected chi connectivity index (χ0v) is 20.1. The van der Waals surface area contributed by atoms with E-state index in [2.05, 4.69) is 9.72 Å². The summed E-state index contributed by atoms with van der Waals surface area (Å²) in [6.45, 7) is 7.69. The molecule has 4 rings (SSSR count). The molecule has 0 N–H and O–H groups in total. The van der Waals surface area contributed by atoms with Gasteiger partial charge in [0.25, 0.3) is 0 Å². The Morgan fingerprint density at radius 3 is 2.62 bits per heavy atom. The molecule has 182 valence electrons. The second-order valence-corrected chi connectivity index (χ2v) is 7.78. The van der Waals surface area contributed by atoms with Crippen LogP contribution in [-0.2, 0) is 22.4 Å². The van der Waals surface area contributed by atoms with Gasteiger partial charge in [-0.2, -0.15) is 8.78 Å². The number of fused-ring (bicyclic) bond motifs is 1. The van der Waals surface area contributed by atoms with Gasteiger partial charge < -0.3 is 13.9 Å². The van der Waals surface area contributed by atoms with E-state index in [1.165, 1.54) is 6.92 Å². The van der Waals surface area contributed by atoms with Gasteiger partial charge in [-0.25, -0.2) is 9.78 Å². The number of hydrogen-bond donors (Lipinski definition) is 0. The lowest BCUT2D eigenvalue weighted by Gasteiger charge is -2.22. The second-order valence-electron chi connectivity index (χ2n) is 7.78. The molecule has 0 amide bonds. The Morgan fingerprint density at radius 1 is 1.18 bits per heavy atom. The summed E-state index contributed by atoms with van der Waals surface area (Å²) in [5.41, 5.74) is 2.99. The first kappa shape index (κ1) is 25.4. The topological polar surface area (TPSA) is 61.6 Å². The number of aryl methyl sites for hydroxylation is 2. The largest absolute Gasteiger partial charge is 0.493 e. The van der Waals surface area contributed by atoms with Crippen LogP contribution < -0.4 is 4.74 Å². The molecule has 5 nitrogen and oxygen atoms in total. The second kappa shape index (κ2) is 11.3. The first-order valence-electron chi connectivity index (χ1n) is 11.7. The Kier molecular flexibility index (Phi) is 8.42.